The molecule has 0 saturated carbocycles. The average molecular weight is 325 g/mol. The fourth-order valence-corrected chi connectivity index (χ4v) is 2.15. The van der Waals surface area contributed by atoms with Crippen molar-refractivity contribution in [3.63, 3.8) is 0 Å². The quantitative estimate of drug-likeness (QED) is 0.656. The monoisotopic (exact) mass is 323 g/mol. The van der Waals surface area contributed by atoms with E-state index in [0.29, 0.717) is 20.2 Å². The van der Waals surface area contributed by atoms with Crippen molar-refractivity contribution in [1.82, 2.24) is 10.2 Å². The van der Waals surface area contributed by atoms with Gasteiger partial charge in [-0.1, -0.05) is 40.6 Å². The summed E-state index contributed by atoms with van der Waals surface area (Å²) >= 11 is 13.0. The highest BCUT2D eigenvalue weighted by Crippen LogP contribution is 2.32. The fraction of sp³-hybridized carbons (Fsp3) is 0. The molecular formula is C9H8Cl3N5S. The molecular weight excluding hydrogens is 317 g/mol. The standard InChI is InChI=1S/C9H7Cl2N5S.ClH/c10-5-2-1-4(3-6(5)11)7-15-16-9(17-7)14-8(12)13;/h1-3H,(H4,12,13,14,16);1H. The first-order valence-electron chi connectivity index (χ1n) is 4.45. The van der Waals surface area contributed by atoms with Crippen LogP contribution in [0.4, 0.5) is 5.13 Å². The van der Waals surface area contributed by atoms with Crippen molar-refractivity contribution in [3.8, 4) is 10.6 Å². The molecule has 0 saturated heterocycles. The molecule has 1 heterocycles. The van der Waals surface area contributed by atoms with Gasteiger partial charge in [-0.25, -0.2) is 0 Å². The van der Waals surface area contributed by atoms with Gasteiger partial charge in [0.1, 0.15) is 5.01 Å². The van der Waals surface area contributed by atoms with Crippen molar-refractivity contribution in [2.75, 3.05) is 0 Å². The third kappa shape index (κ3) is 3.46. The second-order valence-electron chi connectivity index (χ2n) is 3.06. The molecule has 0 unspecified atom stereocenters. The molecule has 9 heteroatoms. The van der Waals surface area contributed by atoms with Gasteiger partial charge in [0.25, 0.3) is 0 Å². The van der Waals surface area contributed by atoms with Crippen molar-refractivity contribution in [1.29, 1.82) is 0 Å². The van der Waals surface area contributed by atoms with E-state index in [1.54, 1.807) is 18.2 Å². The Bertz CT molecular complexity index is 579. The van der Waals surface area contributed by atoms with Crippen LogP contribution in [0.3, 0.4) is 0 Å². The van der Waals surface area contributed by atoms with Crippen LogP contribution in [0, 0.1) is 0 Å². The maximum absolute atomic E-state index is 5.91. The van der Waals surface area contributed by atoms with Gasteiger partial charge in [-0.2, -0.15) is 4.99 Å². The van der Waals surface area contributed by atoms with E-state index in [1.165, 1.54) is 11.3 Å². The molecule has 0 fully saturated rings. The smallest absolute Gasteiger partial charge is 0.235 e. The molecule has 0 amide bonds. The van der Waals surface area contributed by atoms with Gasteiger partial charge in [0.15, 0.2) is 5.96 Å². The first-order chi connectivity index (χ1) is 8.06. The summed E-state index contributed by atoms with van der Waals surface area (Å²) in [7, 11) is 0. The molecule has 0 atom stereocenters. The van der Waals surface area contributed by atoms with E-state index in [-0.39, 0.29) is 18.4 Å². The lowest BCUT2D eigenvalue weighted by atomic mass is 10.2. The molecule has 0 aliphatic carbocycles. The van der Waals surface area contributed by atoms with Crippen LogP contribution in [-0.2, 0) is 0 Å². The summed E-state index contributed by atoms with van der Waals surface area (Å²) in [5, 5.41) is 9.80. The van der Waals surface area contributed by atoms with E-state index < -0.39 is 0 Å². The Kier molecular flexibility index (Phi) is 5.15. The lowest BCUT2D eigenvalue weighted by molar-refractivity contribution is 1.08. The van der Waals surface area contributed by atoms with Crippen LogP contribution in [-0.4, -0.2) is 16.2 Å². The lowest BCUT2D eigenvalue weighted by Gasteiger charge is -1.97. The van der Waals surface area contributed by atoms with Crippen molar-refractivity contribution < 1.29 is 0 Å². The Morgan fingerprint density at radius 1 is 1.17 bits per heavy atom. The number of aromatic nitrogens is 2. The van der Waals surface area contributed by atoms with E-state index >= 15 is 0 Å². The van der Waals surface area contributed by atoms with Crippen molar-refractivity contribution in [2.24, 2.45) is 16.5 Å². The highest BCUT2D eigenvalue weighted by Gasteiger charge is 2.08. The number of guanidine groups is 1. The van der Waals surface area contributed by atoms with Crippen LogP contribution in [0.1, 0.15) is 0 Å². The molecule has 5 nitrogen and oxygen atoms in total. The van der Waals surface area contributed by atoms with E-state index in [4.69, 9.17) is 34.7 Å². The first-order valence-corrected chi connectivity index (χ1v) is 6.02. The summed E-state index contributed by atoms with van der Waals surface area (Å²) in [6, 6.07) is 5.21. The number of nitrogens with two attached hydrogens (primary N) is 2. The van der Waals surface area contributed by atoms with E-state index in [2.05, 4.69) is 15.2 Å². The van der Waals surface area contributed by atoms with Gasteiger partial charge >= 0.3 is 0 Å². The minimum Gasteiger partial charge on any atom is -0.370 e. The van der Waals surface area contributed by atoms with Gasteiger partial charge < -0.3 is 11.5 Å². The molecule has 18 heavy (non-hydrogen) atoms. The summed E-state index contributed by atoms with van der Waals surface area (Å²) in [6.45, 7) is 0. The fourth-order valence-electron chi connectivity index (χ4n) is 1.12. The number of aliphatic imine (C=N–C) groups is 1. The zero-order chi connectivity index (χ0) is 12.4. The summed E-state index contributed by atoms with van der Waals surface area (Å²) in [5.74, 6) is -0.0539. The van der Waals surface area contributed by atoms with Crippen LogP contribution in [0.25, 0.3) is 10.6 Å². The maximum atomic E-state index is 5.91. The van der Waals surface area contributed by atoms with Gasteiger partial charge in [0, 0.05) is 5.56 Å². The van der Waals surface area contributed by atoms with Gasteiger partial charge in [-0.3, -0.25) is 0 Å². The number of nitrogens with zero attached hydrogens (tertiary/aromatic N) is 3. The van der Waals surface area contributed by atoms with Crippen LogP contribution >= 0.6 is 46.9 Å². The lowest BCUT2D eigenvalue weighted by Crippen LogP contribution is -2.21. The zero-order valence-corrected chi connectivity index (χ0v) is 11.9. The molecule has 2 aromatic rings. The SMILES string of the molecule is Cl.NC(N)=Nc1nnc(-c2ccc(Cl)c(Cl)c2)s1. The molecule has 1 aromatic heterocycles. The number of halogens is 3. The number of hydrogen-bond donors (Lipinski definition) is 2. The molecule has 96 valence electrons. The second-order valence-corrected chi connectivity index (χ2v) is 4.83. The molecule has 2 rings (SSSR count). The Balaban J connectivity index is 0.00000162. The summed E-state index contributed by atoms with van der Waals surface area (Å²) in [4.78, 5) is 3.80. The van der Waals surface area contributed by atoms with Crippen molar-refractivity contribution >= 4 is 58.0 Å². The molecule has 0 bridgehead atoms. The third-order valence-corrected chi connectivity index (χ3v) is 3.41. The van der Waals surface area contributed by atoms with E-state index in [1.807, 2.05) is 0 Å². The minimum absolute atomic E-state index is 0. The van der Waals surface area contributed by atoms with Crippen molar-refractivity contribution in [3.05, 3.63) is 28.2 Å². The van der Waals surface area contributed by atoms with Crippen LogP contribution in [0.5, 0.6) is 0 Å². The molecule has 0 aliphatic rings. The summed E-state index contributed by atoms with van der Waals surface area (Å²) in [5.41, 5.74) is 11.3. The summed E-state index contributed by atoms with van der Waals surface area (Å²) < 4.78 is 0. The molecule has 0 aliphatic heterocycles. The zero-order valence-electron chi connectivity index (χ0n) is 8.80. The Labute approximate surface area is 123 Å². The molecule has 0 spiro atoms. The normalized spacial score (nSPS) is 9.67. The Hall–Kier alpha value is -1.08. The van der Waals surface area contributed by atoms with Crippen LogP contribution in [0.2, 0.25) is 10.0 Å². The average Bonchev–Trinajstić information content (AvgIpc) is 2.69. The van der Waals surface area contributed by atoms with Gasteiger partial charge in [-0.15, -0.1) is 22.6 Å². The van der Waals surface area contributed by atoms with Crippen molar-refractivity contribution in [2.45, 2.75) is 0 Å². The topological polar surface area (TPSA) is 90.2 Å². The molecule has 0 radical (unpaired) electrons. The van der Waals surface area contributed by atoms with Crippen LogP contribution < -0.4 is 11.5 Å². The largest absolute Gasteiger partial charge is 0.370 e. The molecule has 1 aromatic carbocycles. The van der Waals surface area contributed by atoms with Crippen LogP contribution in [0.15, 0.2) is 23.2 Å². The van der Waals surface area contributed by atoms with E-state index in [9.17, 15) is 0 Å². The Morgan fingerprint density at radius 3 is 2.50 bits per heavy atom. The van der Waals surface area contributed by atoms with Gasteiger partial charge in [-0.05, 0) is 12.1 Å². The van der Waals surface area contributed by atoms with Gasteiger partial charge in [0.2, 0.25) is 5.13 Å². The highest BCUT2D eigenvalue weighted by atomic mass is 35.5. The first kappa shape index (κ1) is 15.0. The number of benzene rings is 1. The van der Waals surface area contributed by atoms with Gasteiger partial charge in [0.05, 0.1) is 10.0 Å². The number of rotatable bonds is 2. The van der Waals surface area contributed by atoms with E-state index in [0.717, 1.165) is 5.56 Å². The summed E-state index contributed by atoms with van der Waals surface area (Å²) in [6.07, 6.45) is 0. The third-order valence-electron chi connectivity index (χ3n) is 1.81. The highest BCUT2D eigenvalue weighted by molar-refractivity contribution is 7.18. The second kappa shape index (κ2) is 6.19. The predicted molar refractivity (Wildman–Crippen MR) is 78.1 cm³/mol. The Morgan fingerprint density at radius 2 is 1.89 bits per heavy atom. The maximum Gasteiger partial charge on any atom is 0.235 e. The molecule has 4 N–H and O–H groups in total. The number of hydrogen-bond acceptors (Lipinski definition) is 4. The minimum atomic E-state index is -0.0539. The predicted octanol–water partition coefficient (Wildman–Crippen LogP) is 2.84.